The second-order valence-electron chi connectivity index (χ2n) is 4.94. The summed E-state index contributed by atoms with van der Waals surface area (Å²) in [4.78, 5) is 10.6. The Morgan fingerprint density at radius 2 is 2.00 bits per heavy atom. The van der Waals surface area contributed by atoms with Crippen molar-refractivity contribution >= 4 is 5.97 Å². The topological polar surface area (TPSA) is 62.5 Å². The molecule has 1 atom stereocenters. The molecule has 4 heteroatoms. The number of carbonyl (C=O) groups is 1. The van der Waals surface area contributed by atoms with Crippen LogP contribution in [0.15, 0.2) is 6.07 Å². The van der Waals surface area contributed by atoms with Gasteiger partial charge in [-0.05, 0) is 25.8 Å². The van der Waals surface area contributed by atoms with Crippen LogP contribution in [0.2, 0.25) is 0 Å². The van der Waals surface area contributed by atoms with Gasteiger partial charge in [-0.3, -0.25) is 4.79 Å². The monoisotopic (exact) mass is 239 g/mol. The highest BCUT2D eigenvalue weighted by molar-refractivity contribution is 5.67. The van der Waals surface area contributed by atoms with Gasteiger partial charge in [-0.25, -0.2) is 0 Å². The molecular formula is C13H21NO3. The number of aromatic nitrogens is 1. The second kappa shape index (κ2) is 5.36. The van der Waals surface area contributed by atoms with Gasteiger partial charge in [0.2, 0.25) is 0 Å². The lowest BCUT2D eigenvalue weighted by Crippen LogP contribution is -2.10. The Kier molecular flexibility index (Phi) is 4.34. The first-order chi connectivity index (χ1) is 7.82. The fraction of sp³-hybridized carbons (Fsp3) is 0.615. The molecule has 0 aliphatic carbocycles. The molecule has 1 aromatic heterocycles. The third-order valence-electron chi connectivity index (χ3n) is 2.89. The van der Waals surface area contributed by atoms with Crippen LogP contribution in [0.25, 0.3) is 0 Å². The van der Waals surface area contributed by atoms with Crippen molar-refractivity contribution < 1.29 is 15.0 Å². The summed E-state index contributed by atoms with van der Waals surface area (Å²) in [6, 6.07) is 1.88. The molecule has 0 unspecified atom stereocenters. The Balaban J connectivity index is 2.99. The van der Waals surface area contributed by atoms with Crippen molar-refractivity contribution in [2.45, 2.75) is 46.8 Å². The lowest BCUT2D eigenvalue weighted by Gasteiger charge is -2.13. The van der Waals surface area contributed by atoms with Gasteiger partial charge in [-0.1, -0.05) is 13.8 Å². The van der Waals surface area contributed by atoms with E-state index in [2.05, 4.69) is 18.4 Å². The molecule has 0 saturated carbocycles. The molecule has 0 aliphatic heterocycles. The Bertz CT molecular complexity index is 407. The molecule has 4 nitrogen and oxygen atoms in total. The smallest absolute Gasteiger partial charge is 0.306 e. The largest absolute Gasteiger partial charge is 0.481 e. The summed E-state index contributed by atoms with van der Waals surface area (Å²) in [7, 11) is 0. The minimum absolute atomic E-state index is 0.244. The minimum atomic E-state index is -0.980. The van der Waals surface area contributed by atoms with Crippen LogP contribution >= 0.6 is 0 Å². The molecule has 0 saturated heterocycles. The first kappa shape index (κ1) is 13.8. The maximum Gasteiger partial charge on any atom is 0.306 e. The predicted molar refractivity (Wildman–Crippen MR) is 66.0 cm³/mol. The molecule has 0 spiro atoms. The summed E-state index contributed by atoms with van der Waals surface area (Å²) in [6.07, 6.45) is -1.16. The molecule has 0 bridgehead atoms. The zero-order valence-electron chi connectivity index (χ0n) is 10.9. The summed E-state index contributed by atoms with van der Waals surface area (Å²) in [5.41, 5.74) is 2.76. The van der Waals surface area contributed by atoms with Crippen molar-refractivity contribution in [3.63, 3.8) is 0 Å². The predicted octanol–water partition coefficient (Wildman–Crippen LogP) is 2.27. The normalized spacial score (nSPS) is 13.1. The molecule has 0 fully saturated rings. The van der Waals surface area contributed by atoms with Crippen molar-refractivity contribution in [2.24, 2.45) is 5.92 Å². The van der Waals surface area contributed by atoms with Crippen molar-refractivity contribution in [3.05, 3.63) is 23.0 Å². The zero-order chi connectivity index (χ0) is 13.2. The molecule has 2 N–H and O–H groups in total. The van der Waals surface area contributed by atoms with E-state index in [9.17, 15) is 9.90 Å². The molecule has 0 amide bonds. The Morgan fingerprint density at radius 1 is 1.41 bits per heavy atom. The number of hydrogen-bond donors (Lipinski definition) is 2. The number of rotatable bonds is 5. The van der Waals surface area contributed by atoms with Crippen molar-refractivity contribution in [1.82, 2.24) is 4.57 Å². The number of aryl methyl sites for hydroxylation is 1. The van der Waals surface area contributed by atoms with Crippen LogP contribution in [-0.4, -0.2) is 20.7 Å². The number of aliphatic carboxylic acids is 1. The summed E-state index contributed by atoms with van der Waals surface area (Å²) >= 11 is 0. The highest BCUT2D eigenvalue weighted by Gasteiger charge is 2.18. The molecule has 0 radical (unpaired) electrons. The summed E-state index contributed by atoms with van der Waals surface area (Å²) in [5.74, 6) is -0.463. The lowest BCUT2D eigenvalue weighted by atomic mass is 10.1. The number of aliphatic hydroxyl groups is 1. The van der Waals surface area contributed by atoms with E-state index < -0.39 is 12.1 Å². The molecular weight excluding hydrogens is 218 g/mol. The second-order valence-corrected chi connectivity index (χ2v) is 4.94. The third-order valence-corrected chi connectivity index (χ3v) is 2.89. The number of nitrogens with zero attached hydrogens (tertiary/aromatic N) is 1. The van der Waals surface area contributed by atoms with E-state index in [0.717, 1.165) is 23.5 Å². The van der Waals surface area contributed by atoms with E-state index in [0.29, 0.717) is 5.92 Å². The summed E-state index contributed by atoms with van der Waals surface area (Å²) in [6.45, 7) is 9.05. The fourth-order valence-electron chi connectivity index (χ4n) is 2.09. The van der Waals surface area contributed by atoms with Crippen molar-refractivity contribution in [2.75, 3.05) is 0 Å². The first-order valence-corrected chi connectivity index (χ1v) is 5.89. The van der Waals surface area contributed by atoms with E-state index in [1.54, 1.807) is 0 Å². The summed E-state index contributed by atoms with van der Waals surface area (Å²) in [5, 5.41) is 18.5. The SMILES string of the molecule is Cc1cc([C@@H](O)CC(=O)O)c(C)n1CC(C)C. The van der Waals surface area contributed by atoms with E-state index in [1.807, 2.05) is 19.9 Å². The maximum atomic E-state index is 10.6. The van der Waals surface area contributed by atoms with Crippen molar-refractivity contribution in [1.29, 1.82) is 0 Å². The van der Waals surface area contributed by atoms with Gasteiger partial charge in [-0.2, -0.15) is 0 Å². The van der Waals surface area contributed by atoms with Gasteiger partial charge >= 0.3 is 5.97 Å². The van der Waals surface area contributed by atoms with E-state index in [4.69, 9.17) is 5.11 Å². The van der Waals surface area contributed by atoms with E-state index in [-0.39, 0.29) is 6.42 Å². The Labute approximate surface area is 102 Å². The van der Waals surface area contributed by atoms with Gasteiger partial charge in [-0.15, -0.1) is 0 Å². The number of carboxylic acids is 1. The minimum Gasteiger partial charge on any atom is -0.481 e. The van der Waals surface area contributed by atoms with Crippen LogP contribution in [0.3, 0.4) is 0 Å². The molecule has 0 aliphatic rings. The van der Waals surface area contributed by atoms with Crippen LogP contribution in [0, 0.1) is 19.8 Å². The van der Waals surface area contributed by atoms with Gasteiger partial charge in [0.15, 0.2) is 0 Å². The maximum absolute atomic E-state index is 10.6. The average Bonchev–Trinajstić information content (AvgIpc) is 2.44. The van der Waals surface area contributed by atoms with Crippen molar-refractivity contribution in [3.8, 4) is 0 Å². The van der Waals surface area contributed by atoms with Gasteiger partial charge in [0.1, 0.15) is 0 Å². The van der Waals surface area contributed by atoms with Gasteiger partial charge in [0.25, 0.3) is 0 Å². The molecule has 1 rings (SSSR count). The lowest BCUT2D eigenvalue weighted by molar-refractivity contribution is -0.139. The van der Waals surface area contributed by atoms with Crippen LogP contribution in [0.4, 0.5) is 0 Å². The van der Waals surface area contributed by atoms with Gasteiger partial charge in [0.05, 0.1) is 12.5 Å². The Hall–Kier alpha value is -1.29. The number of carboxylic acid groups (broad SMARTS) is 1. The average molecular weight is 239 g/mol. The van der Waals surface area contributed by atoms with Crippen LogP contribution in [-0.2, 0) is 11.3 Å². The van der Waals surface area contributed by atoms with E-state index in [1.165, 1.54) is 0 Å². The van der Waals surface area contributed by atoms with Crippen LogP contribution < -0.4 is 0 Å². The number of hydrogen-bond acceptors (Lipinski definition) is 2. The first-order valence-electron chi connectivity index (χ1n) is 5.89. The quantitative estimate of drug-likeness (QED) is 0.828. The molecule has 96 valence electrons. The Morgan fingerprint density at radius 3 is 2.47 bits per heavy atom. The van der Waals surface area contributed by atoms with Crippen LogP contribution in [0.1, 0.15) is 43.3 Å². The zero-order valence-corrected chi connectivity index (χ0v) is 10.9. The van der Waals surface area contributed by atoms with E-state index >= 15 is 0 Å². The van der Waals surface area contributed by atoms with Crippen LogP contribution in [0.5, 0.6) is 0 Å². The van der Waals surface area contributed by atoms with Gasteiger partial charge in [0, 0.05) is 23.5 Å². The molecule has 17 heavy (non-hydrogen) atoms. The highest BCUT2D eigenvalue weighted by Crippen LogP contribution is 2.25. The molecule has 1 heterocycles. The third kappa shape index (κ3) is 3.33. The fourth-order valence-corrected chi connectivity index (χ4v) is 2.09. The number of aliphatic hydroxyl groups excluding tert-OH is 1. The molecule has 1 aromatic rings. The highest BCUT2D eigenvalue weighted by atomic mass is 16.4. The summed E-state index contributed by atoms with van der Waals surface area (Å²) < 4.78 is 2.13. The van der Waals surface area contributed by atoms with Gasteiger partial charge < -0.3 is 14.8 Å². The molecule has 0 aromatic carbocycles. The standard InChI is InChI=1S/C13H21NO3/c1-8(2)7-14-9(3)5-11(10(14)4)12(15)6-13(16)17/h5,8,12,15H,6-7H2,1-4H3,(H,16,17)/t12-/m0/s1.